The van der Waals surface area contributed by atoms with Crippen LogP contribution in [0.15, 0.2) is 0 Å². The zero-order chi connectivity index (χ0) is 13.5. The van der Waals surface area contributed by atoms with E-state index in [1.165, 1.54) is 0 Å². The third kappa shape index (κ3) is 5.04. The van der Waals surface area contributed by atoms with Gasteiger partial charge in [-0.05, 0) is 33.2 Å². The van der Waals surface area contributed by atoms with Crippen LogP contribution in [-0.4, -0.2) is 49.1 Å². The van der Waals surface area contributed by atoms with Crippen LogP contribution in [0.1, 0.15) is 39.5 Å². The highest BCUT2D eigenvalue weighted by molar-refractivity contribution is 5.80. The van der Waals surface area contributed by atoms with Crippen LogP contribution >= 0.6 is 0 Å². The van der Waals surface area contributed by atoms with Gasteiger partial charge in [0.25, 0.3) is 0 Å². The number of nitrogens with one attached hydrogen (secondary N) is 1. The number of carbonyl (C=O) groups is 2. The van der Waals surface area contributed by atoms with Crippen LogP contribution in [0, 0.1) is 0 Å². The van der Waals surface area contributed by atoms with Crippen molar-refractivity contribution in [2.45, 2.75) is 51.6 Å². The molecule has 1 saturated carbocycles. The lowest BCUT2D eigenvalue weighted by atomic mass is 10.1. The molecule has 1 amide bonds. The van der Waals surface area contributed by atoms with Gasteiger partial charge in [-0.15, -0.1) is 0 Å². The lowest BCUT2D eigenvalue weighted by Crippen LogP contribution is -2.45. The van der Waals surface area contributed by atoms with Gasteiger partial charge in [-0.2, -0.15) is 0 Å². The first-order valence-corrected chi connectivity index (χ1v) is 6.74. The van der Waals surface area contributed by atoms with E-state index in [1.54, 1.807) is 18.9 Å². The van der Waals surface area contributed by atoms with Gasteiger partial charge in [0.2, 0.25) is 5.91 Å². The average Bonchev–Trinajstić information content (AvgIpc) is 3.09. The third-order valence-electron chi connectivity index (χ3n) is 2.99. The van der Waals surface area contributed by atoms with Gasteiger partial charge in [0.05, 0.1) is 13.2 Å². The van der Waals surface area contributed by atoms with Crippen LogP contribution in [0.3, 0.4) is 0 Å². The molecule has 0 aromatic heterocycles. The molecule has 0 aromatic rings. The minimum Gasteiger partial charge on any atom is -0.465 e. The zero-order valence-electron chi connectivity index (χ0n) is 11.6. The summed E-state index contributed by atoms with van der Waals surface area (Å²) in [6.45, 7) is 4.44. The first-order valence-electron chi connectivity index (χ1n) is 6.74. The van der Waals surface area contributed by atoms with Crippen molar-refractivity contribution in [1.82, 2.24) is 10.2 Å². The molecule has 5 heteroatoms. The molecule has 0 radical (unpaired) electrons. The monoisotopic (exact) mass is 256 g/mol. The maximum Gasteiger partial charge on any atom is 0.323 e. The maximum absolute atomic E-state index is 11.8. The van der Waals surface area contributed by atoms with E-state index in [-0.39, 0.29) is 24.5 Å². The molecular weight excluding hydrogens is 232 g/mol. The Balaban J connectivity index is 2.43. The summed E-state index contributed by atoms with van der Waals surface area (Å²) in [5.41, 5.74) is 0. The van der Waals surface area contributed by atoms with Gasteiger partial charge >= 0.3 is 5.97 Å². The van der Waals surface area contributed by atoms with E-state index in [1.807, 2.05) is 6.92 Å². The number of hydrogen-bond acceptors (Lipinski definition) is 4. The molecule has 18 heavy (non-hydrogen) atoms. The highest BCUT2D eigenvalue weighted by Gasteiger charge is 2.27. The Morgan fingerprint density at radius 2 is 2.06 bits per heavy atom. The summed E-state index contributed by atoms with van der Waals surface area (Å²) in [5.74, 6) is -0.244. The summed E-state index contributed by atoms with van der Waals surface area (Å²) in [4.78, 5) is 25.3. The second-order valence-corrected chi connectivity index (χ2v) is 4.81. The Bertz CT molecular complexity index is 290. The first kappa shape index (κ1) is 15.0. The highest BCUT2D eigenvalue weighted by Crippen LogP contribution is 2.18. The number of hydrogen-bond donors (Lipinski definition) is 1. The summed E-state index contributed by atoms with van der Waals surface area (Å²) >= 11 is 0. The Labute approximate surface area is 109 Å². The summed E-state index contributed by atoms with van der Waals surface area (Å²) in [5, 5.41) is 2.92. The molecule has 1 unspecified atom stereocenters. The van der Waals surface area contributed by atoms with Gasteiger partial charge in [-0.3, -0.25) is 14.5 Å². The Hall–Kier alpha value is -1.10. The summed E-state index contributed by atoms with van der Waals surface area (Å²) in [7, 11) is 1.80. The predicted octanol–water partition coefficient (Wildman–Crippen LogP) is 0.929. The number of likely N-dealkylation sites (N-methyl/N-ethyl adjacent to an activating group) is 1. The van der Waals surface area contributed by atoms with E-state index in [0.717, 1.165) is 19.3 Å². The lowest BCUT2D eigenvalue weighted by molar-refractivity contribution is -0.149. The Kier molecular flexibility index (Phi) is 6.12. The number of ether oxygens (including phenoxy) is 1. The molecule has 1 rings (SSSR count). The van der Waals surface area contributed by atoms with Gasteiger partial charge in [-0.25, -0.2) is 0 Å². The smallest absolute Gasteiger partial charge is 0.323 e. The molecule has 5 nitrogen and oxygen atoms in total. The molecule has 1 fully saturated rings. The Morgan fingerprint density at radius 3 is 2.56 bits per heavy atom. The van der Waals surface area contributed by atoms with E-state index in [0.29, 0.717) is 19.1 Å². The average molecular weight is 256 g/mol. The highest BCUT2D eigenvalue weighted by atomic mass is 16.5. The van der Waals surface area contributed by atoms with Gasteiger partial charge < -0.3 is 10.1 Å². The SMILES string of the molecule is CCCC(C(=O)OCC)N(C)CC(=O)NC1CC1. The van der Waals surface area contributed by atoms with Crippen LogP contribution in [0.25, 0.3) is 0 Å². The number of esters is 1. The molecule has 0 heterocycles. The van der Waals surface area contributed by atoms with Crippen molar-refractivity contribution in [2.24, 2.45) is 0 Å². The number of nitrogens with zero attached hydrogens (tertiary/aromatic N) is 1. The van der Waals surface area contributed by atoms with E-state index < -0.39 is 0 Å². The fourth-order valence-electron chi connectivity index (χ4n) is 1.87. The normalized spacial score (nSPS) is 16.4. The van der Waals surface area contributed by atoms with Gasteiger partial charge in [0.15, 0.2) is 0 Å². The largest absolute Gasteiger partial charge is 0.465 e. The van der Waals surface area contributed by atoms with Gasteiger partial charge in [-0.1, -0.05) is 13.3 Å². The van der Waals surface area contributed by atoms with Crippen LogP contribution < -0.4 is 5.32 Å². The fraction of sp³-hybridized carbons (Fsp3) is 0.846. The number of rotatable bonds is 8. The van der Waals surface area contributed by atoms with Gasteiger partial charge in [0, 0.05) is 6.04 Å². The molecule has 0 aromatic carbocycles. The first-order chi connectivity index (χ1) is 8.58. The molecule has 1 aliphatic carbocycles. The van der Waals surface area contributed by atoms with Crippen molar-refractivity contribution in [3.8, 4) is 0 Å². The van der Waals surface area contributed by atoms with Gasteiger partial charge in [0.1, 0.15) is 6.04 Å². The van der Waals surface area contributed by atoms with Crippen LogP contribution in [-0.2, 0) is 14.3 Å². The molecule has 0 aliphatic heterocycles. The molecule has 104 valence electrons. The summed E-state index contributed by atoms with van der Waals surface area (Å²) in [6.07, 6.45) is 3.75. The number of carbonyl (C=O) groups excluding carboxylic acids is 2. The van der Waals surface area contributed by atoms with E-state index in [2.05, 4.69) is 5.32 Å². The minimum absolute atomic E-state index is 0.00889. The minimum atomic E-state index is -0.320. The Morgan fingerprint density at radius 1 is 1.39 bits per heavy atom. The quantitative estimate of drug-likeness (QED) is 0.656. The number of amides is 1. The van der Waals surface area contributed by atoms with E-state index in [9.17, 15) is 9.59 Å². The van der Waals surface area contributed by atoms with E-state index in [4.69, 9.17) is 4.74 Å². The fourth-order valence-corrected chi connectivity index (χ4v) is 1.87. The van der Waals surface area contributed by atoms with Crippen molar-refractivity contribution >= 4 is 11.9 Å². The zero-order valence-corrected chi connectivity index (χ0v) is 11.6. The van der Waals surface area contributed by atoms with Crippen molar-refractivity contribution in [3.63, 3.8) is 0 Å². The van der Waals surface area contributed by atoms with Crippen LogP contribution in [0.5, 0.6) is 0 Å². The molecule has 1 atom stereocenters. The lowest BCUT2D eigenvalue weighted by Gasteiger charge is -2.25. The van der Waals surface area contributed by atoms with E-state index >= 15 is 0 Å². The van der Waals surface area contributed by atoms with Crippen LogP contribution in [0.4, 0.5) is 0 Å². The maximum atomic E-state index is 11.8. The molecular formula is C13H24N2O3. The van der Waals surface area contributed by atoms with Crippen molar-refractivity contribution < 1.29 is 14.3 Å². The standard InChI is InChI=1S/C13H24N2O3/c1-4-6-11(13(17)18-5-2)15(3)9-12(16)14-10-7-8-10/h10-11H,4-9H2,1-3H3,(H,14,16). The second-order valence-electron chi connectivity index (χ2n) is 4.81. The molecule has 0 spiro atoms. The topological polar surface area (TPSA) is 58.6 Å². The van der Waals surface area contributed by atoms with Crippen LogP contribution in [0.2, 0.25) is 0 Å². The molecule has 1 aliphatic rings. The molecule has 0 saturated heterocycles. The third-order valence-corrected chi connectivity index (χ3v) is 2.99. The summed E-state index contributed by atoms with van der Waals surface area (Å²) < 4.78 is 5.04. The predicted molar refractivity (Wildman–Crippen MR) is 69.1 cm³/mol. The van der Waals surface area contributed by atoms with Crippen molar-refractivity contribution in [3.05, 3.63) is 0 Å². The molecule has 0 bridgehead atoms. The van der Waals surface area contributed by atoms with Crippen molar-refractivity contribution in [1.29, 1.82) is 0 Å². The summed E-state index contributed by atoms with van der Waals surface area (Å²) in [6, 6.07) is 0.0398. The second kappa shape index (κ2) is 7.36. The van der Waals surface area contributed by atoms with Crippen molar-refractivity contribution in [2.75, 3.05) is 20.2 Å². The molecule has 1 N–H and O–H groups in total.